The maximum Gasteiger partial charge on any atom is 0.316 e. The molecule has 1 aliphatic heterocycles. The lowest BCUT2D eigenvalue weighted by atomic mass is 10.1. The zero-order valence-electron chi connectivity index (χ0n) is 12.2. The average Bonchev–Trinajstić information content (AvgIpc) is 2.58. The fraction of sp³-hybridized carbons (Fsp3) is 0.357. The van der Waals surface area contributed by atoms with Gasteiger partial charge in [-0.3, -0.25) is 4.98 Å². The molecule has 122 valence electrons. The Balaban J connectivity index is 1.72. The van der Waals surface area contributed by atoms with Crippen LogP contribution in [0.4, 0.5) is 0 Å². The molecule has 0 bridgehead atoms. The highest BCUT2D eigenvalue weighted by atomic mass is 79.9. The van der Waals surface area contributed by atoms with Crippen molar-refractivity contribution < 1.29 is 13.2 Å². The van der Waals surface area contributed by atoms with Gasteiger partial charge in [-0.2, -0.15) is 4.31 Å². The predicted octanol–water partition coefficient (Wildman–Crippen LogP) is 1.87. The lowest BCUT2D eigenvalue weighted by Gasteiger charge is -2.31. The fourth-order valence-electron chi connectivity index (χ4n) is 2.38. The van der Waals surface area contributed by atoms with Crippen LogP contribution in [0.2, 0.25) is 0 Å². The van der Waals surface area contributed by atoms with E-state index in [2.05, 4.69) is 30.9 Å². The SMILES string of the molecule is O=S(=O)(c1cccnc1)N1CCC[C@H](Oc2ncc(Br)cn2)C1. The second kappa shape index (κ2) is 6.90. The summed E-state index contributed by atoms with van der Waals surface area (Å²) in [5.74, 6) is 0. The number of ether oxygens (including phenoxy) is 1. The minimum atomic E-state index is -3.55. The molecule has 0 N–H and O–H groups in total. The summed E-state index contributed by atoms with van der Waals surface area (Å²) in [6, 6.07) is 3.41. The smallest absolute Gasteiger partial charge is 0.316 e. The highest BCUT2D eigenvalue weighted by Gasteiger charge is 2.31. The largest absolute Gasteiger partial charge is 0.459 e. The summed E-state index contributed by atoms with van der Waals surface area (Å²) in [7, 11) is -3.55. The molecule has 0 aliphatic carbocycles. The fourth-order valence-corrected chi connectivity index (χ4v) is 4.06. The van der Waals surface area contributed by atoms with E-state index in [1.807, 2.05) is 0 Å². The molecule has 0 saturated carbocycles. The van der Waals surface area contributed by atoms with Crippen LogP contribution in [0.25, 0.3) is 0 Å². The van der Waals surface area contributed by atoms with Crippen LogP contribution in [0.15, 0.2) is 46.3 Å². The van der Waals surface area contributed by atoms with Gasteiger partial charge < -0.3 is 4.74 Å². The number of piperidine rings is 1. The summed E-state index contributed by atoms with van der Waals surface area (Å²) < 4.78 is 33.1. The van der Waals surface area contributed by atoms with E-state index in [9.17, 15) is 8.42 Å². The van der Waals surface area contributed by atoms with Gasteiger partial charge in [-0.15, -0.1) is 0 Å². The van der Waals surface area contributed by atoms with Crippen molar-refractivity contribution in [3.05, 3.63) is 41.4 Å². The Labute approximate surface area is 142 Å². The average molecular weight is 399 g/mol. The normalized spacial score (nSPS) is 19.4. The number of halogens is 1. The molecule has 0 aromatic carbocycles. The zero-order chi connectivity index (χ0) is 16.3. The summed E-state index contributed by atoms with van der Waals surface area (Å²) in [5, 5.41) is 0. The molecule has 0 spiro atoms. The molecule has 2 aromatic rings. The van der Waals surface area contributed by atoms with Gasteiger partial charge in [-0.25, -0.2) is 18.4 Å². The van der Waals surface area contributed by atoms with Crippen LogP contribution in [-0.4, -0.2) is 46.9 Å². The van der Waals surface area contributed by atoms with E-state index < -0.39 is 10.0 Å². The van der Waals surface area contributed by atoms with Crippen molar-refractivity contribution in [3.63, 3.8) is 0 Å². The van der Waals surface area contributed by atoms with Gasteiger partial charge in [-0.05, 0) is 40.9 Å². The first-order chi connectivity index (χ1) is 11.1. The maximum atomic E-state index is 12.6. The number of pyridine rings is 1. The molecule has 2 aromatic heterocycles. The molecular weight excluding hydrogens is 384 g/mol. The first kappa shape index (κ1) is 16.3. The summed E-state index contributed by atoms with van der Waals surface area (Å²) in [4.78, 5) is 12.2. The van der Waals surface area contributed by atoms with Gasteiger partial charge in [0.25, 0.3) is 0 Å². The molecule has 0 amide bonds. The van der Waals surface area contributed by atoms with Crippen LogP contribution in [0, 0.1) is 0 Å². The molecule has 9 heteroatoms. The lowest BCUT2D eigenvalue weighted by Crippen LogP contribution is -2.44. The molecule has 23 heavy (non-hydrogen) atoms. The highest BCUT2D eigenvalue weighted by molar-refractivity contribution is 9.10. The predicted molar refractivity (Wildman–Crippen MR) is 86.4 cm³/mol. The Kier molecular flexibility index (Phi) is 4.88. The molecule has 1 aliphatic rings. The highest BCUT2D eigenvalue weighted by Crippen LogP contribution is 2.22. The van der Waals surface area contributed by atoms with Gasteiger partial charge in [-0.1, -0.05) is 0 Å². The Morgan fingerprint density at radius 2 is 2.04 bits per heavy atom. The van der Waals surface area contributed by atoms with E-state index in [0.717, 1.165) is 17.3 Å². The van der Waals surface area contributed by atoms with Crippen LogP contribution in [0.5, 0.6) is 6.01 Å². The van der Waals surface area contributed by atoms with Crippen molar-refractivity contribution in [1.29, 1.82) is 0 Å². The van der Waals surface area contributed by atoms with Gasteiger partial charge in [0, 0.05) is 31.3 Å². The maximum absolute atomic E-state index is 12.6. The third kappa shape index (κ3) is 3.85. The quantitative estimate of drug-likeness (QED) is 0.781. The van der Waals surface area contributed by atoms with E-state index in [0.29, 0.717) is 6.54 Å². The topological polar surface area (TPSA) is 85.3 Å². The number of rotatable bonds is 4. The molecule has 0 unspecified atom stereocenters. The number of nitrogens with zero attached hydrogens (tertiary/aromatic N) is 4. The van der Waals surface area contributed by atoms with Gasteiger partial charge in [0.05, 0.1) is 11.0 Å². The summed E-state index contributed by atoms with van der Waals surface area (Å²) in [5.41, 5.74) is 0. The van der Waals surface area contributed by atoms with Crippen LogP contribution in [-0.2, 0) is 10.0 Å². The van der Waals surface area contributed by atoms with Crippen LogP contribution in [0.1, 0.15) is 12.8 Å². The Morgan fingerprint density at radius 1 is 1.26 bits per heavy atom. The van der Waals surface area contributed by atoms with Crippen LogP contribution in [0.3, 0.4) is 0 Å². The number of hydrogen-bond donors (Lipinski definition) is 0. The standard InChI is InChI=1S/C14H15BrN4O3S/c15-11-7-17-14(18-8-11)22-12-3-2-6-19(10-12)23(20,21)13-4-1-5-16-9-13/h1,4-5,7-9,12H,2-3,6,10H2/t12-/m0/s1. The second-order valence-electron chi connectivity index (χ2n) is 5.12. The molecule has 0 radical (unpaired) electrons. The second-order valence-corrected chi connectivity index (χ2v) is 7.97. The minimum Gasteiger partial charge on any atom is -0.459 e. The summed E-state index contributed by atoms with van der Waals surface area (Å²) >= 11 is 3.26. The molecule has 7 nitrogen and oxygen atoms in total. The lowest BCUT2D eigenvalue weighted by molar-refractivity contribution is 0.119. The number of sulfonamides is 1. The van der Waals surface area contributed by atoms with E-state index in [-0.39, 0.29) is 23.6 Å². The van der Waals surface area contributed by atoms with E-state index in [4.69, 9.17) is 4.74 Å². The molecule has 3 heterocycles. The van der Waals surface area contributed by atoms with Crippen molar-refractivity contribution in [3.8, 4) is 6.01 Å². The monoisotopic (exact) mass is 398 g/mol. The van der Waals surface area contributed by atoms with Crippen molar-refractivity contribution in [1.82, 2.24) is 19.3 Å². The molecule has 1 fully saturated rings. The first-order valence-electron chi connectivity index (χ1n) is 7.10. The Morgan fingerprint density at radius 3 is 2.74 bits per heavy atom. The van der Waals surface area contributed by atoms with Crippen molar-refractivity contribution in [2.75, 3.05) is 13.1 Å². The van der Waals surface area contributed by atoms with Crippen molar-refractivity contribution in [2.24, 2.45) is 0 Å². The minimum absolute atomic E-state index is 0.195. The summed E-state index contributed by atoms with van der Waals surface area (Å²) in [6.45, 7) is 0.745. The van der Waals surface area contributed by atoms with Crippen molar-refractivity contribution >= 4 is 26.0 Å². The summed E-state index contributed by atoms with van der Waals surface area (Å²) in [6.07, 6.45) is 7.31. The van der Waals surface area contributed by atoms with Gasteiger partial charge in [0.2, 0.25) is 10.0 Å². The van der Waals surface area contributed by atoms with Crippen molar-refractivity contribution in [2.45, 2.75) is 23.8 Å². The third-order valence-corrected chi connectivity index (χ3v) is 5.74. The number of hydrogen-bond acceptors (Lipinski definition) is 6. The molecule has 1 atom stereocenters. The van der Waals surface area contributed by atoms with E-state index >= 15 is 0 Å². The van der Waals surface area contributed by atoms with Gasteiger partial charge in [0.1, 0.15) is 11.0 Å². The van der Waals surface area contributed by atoms with Gasteiger partial charge >= 0.3 is 6.01 Å². The van der Waals surface area contributed by atoms with Crippen LogP contribution >= 0.6 is 15.9 Å². The first-order valence-corrected chi connectivity index (χ1v) is 9.33. The van der Waals surface area contributed by atoms with Crippen LogP contribution < -0.4 is 4.74 Å². The van der Waals surface area contributed by atoms with E-state index in [1.165, 1.54) is 10.5 Å². The third-order valence-electron chi connectivity index (χ3n) is 3.48. The molecular formula is C14H15BrN4O3S. The molecule has 3 rings (SSSR count). The number of aromatic nitrogens is 3. The zero-order valence-corrected chi connectivity index (χ0v) is 14.6. The van der Waals surface area contributed by atoms with Gasteiger partial charge in [0.15, 0.2) is 0 Å². The van der Waals surface area contributed by atoms with E-state index in [1.54, 1.807) is 30.7 Å². The Hall–Kier alpha value is -1.58. The Bertz CT molecular complexity index is 755. The molecule has 1 saturated heterocycles.